The first-order valence-corrected chi connectivity index (χ1v) is 7.89. The Labute approximate surface area is 123 Å². The molecule has 1 amide bonds. The fraction of sp³-hybridized carbons (Fsp3) is 0.769. The normalized spacial score (nSPS) is 15.7. The van der Waals surface area contributed by atoms with Gasteiger partial charge in [0, 0.05) is 44.3 Å². The number of nitrogens with zero attached hydrogens (tertiary/aromatic N) is 4. The summed E-state index contributed by atoms with van der Waals surface area (Å²) >= 11 is 1.42. The average Bonchev–Trinajstić information content (AvgIpc) is 2.90. The third kappa shape index (κ3) is 4.14. The van der Waals surface area contributed by atoms with Crippen LogP contribution in [0, 0.1) is 6.92 Å². The van der Waals surface area contributed by atoms with E-state index < -0.39 is 0 Å². The van der Waals surface area contributed by atoms with Gasteiger partial charge in [0.2, 0.25) is 11.0 Å². The number of hydrogen-bond acceptors (Lipinski definition) is 6. The van der Waals surface area contributed by atoms with Crippen LogP contribution in [0.5, 0.6) is 0 Å². The van der Waals surface area contributed by atoms with Crippen LogP contribution in [0.3, 0.4) is 0 Å². The lowest BCUT2D eigenvalue weighted by Gasteiger charge is -2.34. The van der Waals surface area contributed by atoms with Gasteiger partial charge < -0.3 is 14.5 Å². The first-order chi connectivity index (χ1) is 9.70. The molecule has 1 aromatic heterocycles. The molecule has 0 spiro atoms. The van der Waals surface area contributed by atoms with E-state index in [1.807, 2.05) is 11.8 Å². The Kier molecular flexibility index (Phi) is 5.72. The molecule has 0 unspecified atom stereocenters. The van der Waals surface area contributed by atoms with Crippen LogP contribution in [0.1, 0.15) is 25.6 Å². The molecule has 7 heteroatoms. The minimum atomic E-state index is 0.0918. The summed E-state index contributed by atoms with van der Waals surface area (Å²) in [5.74, 6) is 0.905. The second-order valence-corrected chi connectivity index (χ2v) is 5.63. The van der Waals surface area contributed by atoms with Crippen molar-refractivity contribution < 1.29 is 9.53 Å². The van der Waals surface area contributed by atoms with Crippen molar-refractivity contribution >= 4 is 22.6 Å². The molecule has 0 aromatic carbocycles. The van der Waals surface area contributed by atoms with Crippen LogP contribution in [-0.2, 0) is 9.53 Å². The number of unbranched alkanes of at least 4 members (excludes halogenated alkanes) is 1. The van der Waals surface area contributed by atoms with Crippen molar-refractivity contribution in [1.82, 2.24) is 14.3 Å². The number of piperazine rings is 1. The van der Waals surface area contributed by atoms with Gasteiger partial charge in [-0.1, -0.05) is 13.3 Å². The maximum atomic E-state index is 12.0. The molecule has 112 valence electrons. The molecule has 1 aliphatic heterocycles. The van der Waals surface area contributed by atoms with Crippen LogP contribution in [-0.4, -0.2) is 59.6 Å². The summed E-state index contributed by atoms with van der Waals surface area (Å²) in [6, 6.07) is 0. The number of aromatic nitrogens is 2. The van der Waals surface area contributed by atoms with E-state index >= 15 is 0 Å². The van der Waals surface area contributed by atoms with Gasteiger partial charge in [-0.3, -0.25) is 4.79 Å². The highest BCUT2D eigenvalue weighted by molar-refractivity contribution is 7.09. The fourth-order valence-electron chi connectivity index (χ4n) is 2.06. The summed E-state index contributed by atoms with van der Waals surface area (Å²) in [6.07, 6.45) is 2.10. The first-order valence-electron chi connectivity index (χ1n) is 7.11. The van der Waals surface area contributed by atoms with E-state index in [4.69, 9.17) is 4.74 Å². The highest BCUT2D eigenvalue weighted by Gasteiger charge is 2.22. The second-order valence-electron chi connectivity index (χ2n) is 4.90. The zero-order valence-electron chi connectivity index (χ0n) is 12.2. The molecule has 0 N–H and O–H groups in total. The second kappa shape index (κ2) is 7.54. The van der Waals surface area contributed by atoms with Crippen LogP contribution < -0.4 is 4.90 Å². The maximum Gasteiger partial charge on any atom is 0.248 e. The van der Waals surface area contributed by atoms with Crippen molar-refractivity contribution in [2.45, 2.75) is 26.7 Å². The van der Waals surface area contributed by atoms with Crippen LogP contribution in [0.25, 0.3) is 0 Å². The molecule has 1 aliphatic rings. The molecule has 1 fully saturated rings. The van der Waals surface area contributed by atoms with Crippen LogP contribution in [0.2, 0.25) is 0 Å². The Balaban J connectivity index is 1.72. The third-order valence-electron chi connectivity index (χ3n) is 3.29. The summed E-state index contributed by atoms with van der Waals surface area (Å²) in [4.78, 5) is 20.4. The average molecular weight is 298 g/mol. The Hall–Kier alpha value is -1.21. The number of carbonyl (C=O) groups is 1. The van der Waals surface area contributed by atoms with E-state index in [1.54, 1.807) is 0 Å². The van der Waals surface area contributed by atoms with E-state index in [9.17, 15) is 4.79 Å². The Bertz CT molecular complexity index is 430. The van der Waals surface area contributed by atoms with E-state index in [0.29, 0.717) is 6.61 Å². The van der Waals surface area contributed by atoms with Gasteiger partial charge in [0.25, 0.3) is 0 Å². The number of carbonyl (C=O) groups excluding carboxylic acids is 1. The van der Waals surface area contributed by atoms with Crippen LogP contribution >= 0.6 is 11.5 Å². The minimum Gasteiger partial charge on any atom is -0.372 e. The predicted octanol–water partition coefficient (Wildman–Crippen LogP) is 1.31. The molecule has 2 rings (SSSR count). The first kappa shape index (κ1) is 15.2. The standard InChI is InChI=1S/C13H22N4O2S/c1-3-4-9-19-10-12(18)16-5-7-17(8-6-16)13-14-11(2)15-20-13/h3-10H2,1-2H3. The number of aryl methyl sites for hydroxylation is 1. The molecule has 0 atom stereocenters. The van der Waals surface area contributed by atoms with Gasteiger partial charge in [-0.25, -0.2) is 4.98 Å². The SMILES string of the molecule is CCCCOCC(=O)N1CCN(c2nc(C)ns2)CC1. The summed E-state index contributed by atoms with van der Waals surface area (Å²) in [7, 11) is 0. The van der Waals surface area contributed by atoms with Gasteiger partial charge in [-0.2, -0.15) is 4.37 Å². The fourth-order valence-corrected chi connectivity index (χ4v) is 2.78. The monoisotopic (exact) mass is 298 g/mol. The molecular weight excluding hydrogens is 276 g/mol. The quantitative estimate of drug-likeness (QED) is 0.741. The van der Waals surface area contributed by atoms with Gasteiger partial charge in [0.15, 0.2) is 0 Å². The lowest BCUT2D eigenvalue weighted by molar-refractivity contribution is -0.136. The van der Waals surface area contributed by atoms with E-state index in [-0.39, 0.29) is 12.5 Å². The third-order valence-corrected chi connectivity index (χ3v) is 4.16. The topological polar surface area (TPSA) is 58.6 Å². The van der Waals surface area contributed by atoms with Gasteiger partial charge in [-0.15, -0.1) is 0 Å². The highest BCUT2D eigenvalue weighted by Crippen LogP contribution is 2.18. The van der Waals surface area contributed by atoms with Crippen molar-refractivity contribution in [1.29, 1.82) is 0 Å². The molecule has 0 aliphatic carbocycles. The summed E-state index contributed by atoms with van der Waals surface area (Å²) in [6.45, 7) is 7.98. The van der Waals surface area contributed by atoms with Crippen molar-refractivity contribution in [3.63, 3.8) is 0 Å². The number of hydrogen-bond donors (Lipinski definition) is 0. The van der Waals surface area contributed by atoms with Crippen LogP contribution in [0.4, 0.5) is 5.13 Å². The summed E-state index contributed by atoms with van der Waals surface area (Å²) in [5.41, 5.74) is 0. The molecule has 1 aromatic rings. The molecule has 20 heavy (non-hydrogen) atoms. The molecule has 0 saturated carbocycles. The van der Waals surface area contributed by atoms with Crippen molar-refractivity contribution in [3.05, 3.63) is 5.82 Å². The molecule has 1 saturated heterocycles. The number of ether oxygens (including phenoxy) is 1. The molecule has 6 nitrogen and oxygen atoms in total. The van der Waals surface area contributed by atoms with E-state index in [0.717, 1.165) is 50.0 Å². The lowest BCUT2D eigenvalue weighted by atomic mass is 10.3. The maximum absolute atomic E-state index is 12.0. The van der Waals surface area contributed by atoms with Crippen LogP contribution in [0.15, 0.2) is 0 Å². The van der Waals surface area contributed by atoms with E-state index in [2.05, 4.69) is 21.2 Å². The molecule has 0 radical (unpaired) electrons. The van der Waals surface area contributed by atoms with E-state index in [1.165, 1.54) is 11.5 Å². The van der Waals surface area contributed by atoms with Gasteiger partial charge >= 0.3 is 0 Å². The van der Waals surface area contributed by atoms with Crippen molar-refractivity contribution in [2.75, 3.05) is 44.3 Å². The molecule has 2 heterocycles. The molecular formula is C13H22N4O2S. The zero-order chi connectivity index (χ0) is 14.4. The van der Waals surface area contributed by atoms with Gasteiger partial charge in [0.05, 0.1) is 0 Å². The smallest absolute Gasteiger partial charge is 0.248 e. The summed E-state index contributed by atoms with van der Waals surface area (Å²) < 4.78 is 9.57. The number of rotatable bonds is 6. The zero-order valence-corrected chi connectivity index (χ0v) is 13.0. The minimum absolute atomic E-state index is 0.0918. The van der Waals surface area contributed by atoms with Crippen molar-refractivity contribution in [2.24, 2.45) is 0 Å². The van der Waals surface area contributed by atoms with Crippen molar-refractivity contribution in [3.8, 4) is 0 Å². The predicted molar refractivity (Wildman–Crippen MR) is 79.2 cm³/mol. The molecule has 0 bridgehead atoms. The Morgan fingerprint density at radius 3 is 2.70 bits per heavy atom. The Morgan fingerprint density at radius 1 is 1.35 bits per heavy atom. The largest absolute Gasteiger partial charge is 0.372 e. The lowest BCUT2D eigenvalue weighted by Crippen LogP contribution is -2.49. The Morgan fingerprint density at radius 2 is 2.10 bits per heavy atom. The highest BCUT2D eigenvalue weighted by atomic mass is 32.1. The van der Waals surface area contributed by atoms with Gasteiger partial charge in [-0.05, 0) is 13.3 Å². The van der Waals surface area contributed by atoms with Gasteiger partial charge in [0.1, 0.15) is 12.4 Å². The summed E-state index contributed by atoms with van der Waals surface area (Å²) in [5, 5.41) is 0.953. The number of anilines is 1. The number of amides is 1.